The Kier molecular flexibility index (Phi) is 23.6. The molecule has 0 radical (unpaired) electrons. The Morgan fingerprint density at radius 1 is 0.327 bits per heavy atom. The number of fused-ring (bicyclic) bond motifs is 9. The second-order valence-electron chi connectivity index (χ2n) is 15.4. The van der Waals surface area contributed by atoms with Crippen molar-refractivity contribution in [1.29, 1.82) is 0 Å². The van der Waals surface area contributed by atoms with Gasteiger partial charge >= 0.3 is 11.9 Å². The summed E-state index contributed by atoms with van der Waals surface area (Å²) >= 11 is 0. The van der Waals surface area contributed by atoms with Crippen LogP contribution in [0.15, 0.2) is 24.3 Å². The topological polar surface area (TPSA) is 174 Å². The van der Waals surface area contributed by atoms with Crippen molar-refractivity contribution in [3.05, 3.63) is 35.4 Å². The minimum Gasteiger partial charge on any atom is -0.462 e. The fraction of sp³-hybridized carbons (Fsp3) is 0.810. The van der Waals surface area contributed by atoms with Crippen LogP contribution < -0.4 is 0 Å². The molecule has 3 aliphatic carbocycles. The molecule has 0 aromatic heterocycles. The average Bonchev–Trinajstić information content (AvgIpc) is 3.11. The number of rotatable bonds is 0. The molecule has 10 heteroatoms. The summed E-state index contributed by atoms with van der Waals surface area (Å²) in [5.41, 5.74) is 0.911. The highest BCUT2D eigenvalue weighted by atomic mass is 16.5. The molecule has 2 bridgehead atoms. The fourth-order valence-corrected chi connectivity index (χ4v) is 6.92. The molecule has 6 N–H and O–H groups in total. The highest BCUT2D eigenvalue weighted by molar-refractivity contribution is 5.93. The summed E-state index contributed by atoms with van der Waals surface area (Å²) in [6.07, 6.45) is 29.0. The molecule has 6 rings (SSSR count). The zero-order chi connectivity index (χ0) is 38.0. The molecular formula is C42H72O10. The van der Waals surface area contributed by atoms with Crippen molar-refractivity contribution in [2.45, 2.75) is 204 Å². The SMILES string of the molecule is O=C1OCCCCOC(=O)c2ccc1cc2.OC1(O)CCCCCCCCC1.OC1(O)CCCCCCCCC1.OC1(O)CCCCCCCCC1. The minimum absolute atomic E-state index is 0.347. The number of aliphatic hydroxyl groups is 6. The van der Waals surface area contributed by atoms with Gasteiger partial charge in [-0.25, -0.2) is 9.59 Å². The third-order valence-electron chi connectivity index (χ3n) is 10.3. The highest BCUT2D eigenvalue weighted by Gasteiger charge is 2.23. The largest absolute Gasteiger partial charge is 0.462 e. The Morgan fingerprint density at radius 2 is 0.519 bits per heavy atom. The quantitative estimate of drug-likeness (QED) is 0.112. The number of carbonyl (C=O) groups excluding carboxylic acids is 2. The maximum Gasteiger partial charge on any atom is 0.338 e. The third-order valence-corrected chi connectivity index (χ3v) is 10.3. The van der Waals surface area contributed by atoms with Crippen LogP contribution in [0, 0.1) is 0 Å². The van der Waals surface area contributed by atoms with Crippen LogP contribution in [0.3, 0.4) is 0 Å². The summed E-state index contributed by atoms with van der Waals surface area (Å²) in [5.74, 6) is -4.78. The molecular weight excluding hydrogens is 664 g/mol. The van der Waals surface area contributed by atoms with Crippen LogP contribution in [0.4, 0.5) is 0 Å². The van der Waals surface area contributed by atoms with Gasteiger partial charge in [-0.1, -0.05) is 96.3 Å². The Labute approximate surface area is 313 Å². The lowest BCUT2D eigenvalue weighted by Crippen LogP contribution is -2.27. The Bertz CT molecular complexity index is 923. The van der Waals surface area contributed by atoms with Gasteiger partial charge in [0.25, 0.3) is 0 Å². The first-order chi connectivity index (χ1) is 24.9. The van der Waals surface area contributed by atoms with Gasteiger partial charge in [0.2, 0.25) is 0 Å². The summed E-state index contributed by atoms with van der Waals surface area (Å²) in [6, 6.07) is 6.28. The Hall–Kier alpha value is -2.08. The fourth-order valence-electron chi connectivity index (χ4n) is 6.92. The van der Waals surface area contributed by atoms with Gasteiger partial charge in [0, 0.05) is 38.5 Å². The van der Waals surface area contributed by atoms with Gasteiger partial charge in [-0.15, -0.1) is 0 Å². The predicted molar refractivity (Wildman–Crippen MR) is 202 cm³/mol. The Morgan fingerprint density at radius 3 is 0.731 bits per heavy atom. The predicted octanol–water partition coefficient (Wildman–Crippen LogP) is 8.37. The molecule has 2 heterocycles. The van der Waals surface area contributed by atoms with E-state index in [0.29, 0.717) is 75.7 Å². The highest BCUT2D eigenvalue weighted by Crippen LogP contribution is 2.25. The summed E-state index contributed by atoms with van der Waals surface area (Å²) < 4.78 is 10.1. The maximum atomic E-state index is 11.5. The number of hydrogen-bond acceptors (Lipinski definition) is 10. The molecule has 1 aromatic rings. The number of ether oxygens (including phenoxy) is 2. The number of carbonyl (C=O) groups is 2. The molecule has 0 amide bonds. The molecule has 0 unspecified atom stereocenters. The van der Waals surface area contributed by atoms with E-state index in [-0.39, 0.29) is 11.9 Å². The molecule has 0 saturated heterocycles. The lowest BCUT2D eigenvalue weighted by Gasteiger charge is -2.22. The van der Waals surface area contributed by atoms with Crippen molar-refractivity contribution in [1.82, 2.24) is 0 Å². The molecule has 0 spiro atoms. The van der Waals surface area contributed by atoms with Gasteiger partial charge in [-0.2, -0.15) is 0 Å². The van der Waals surface area contributed by atoms with Crippen LogP contribution in [0.2, 0.25) is 0 Å². The average molecular weight is 737 g/mol. The molecule has 3 saturated carbocycles. The zero-order valence-electron chi connectivity index (χ0n) is 32.0. The van der Waals surface area contributed by atoms with E-state index in [2.05, 4.69) is 0 Å². The monoisotopic (exact) mass is 737 g/mol. The molecule has 52 heavy (non-hydrogen) atoms. The third kappa shape index (κ3) is 23.6. The summed E-state index contributed by atoms with van der Waals surface area (Å²) in [7, 11) is 0. The lowest BCUT2D eigenvalue weighted by atomic mass is 9.97. The van der Waals surface area contributed by atoms with E-state index in [1.54, 1.807) is 24.3 Å². The first kappa shape index (κ1) is 46.1. The summed E-state index contributed by atoms with van der Waals surface area (Å²) in [5, 5.41) is 56.7. The molecule has 10 nitrogen and oxygen atoms in total. The second kappa shape index (κ2) is 26.7. The van der Waals surface area contributed by atoms with Crippen LogP contribution in [0.1, 0.15) is 207 Å². The Balaban J connectivity index is 0.000000242. The van der Waals surface area contributed by atoms with E-state index < -0.39 is 17.4 Å². The van der Waals surface area contributed by atoms with Crippen molar-refractivity contribution in [2.75, 3.05) is 13.2 Å². The van der Waals surface area contributed by atoms with Gasteiger partial charge in [-0.3, -0.25) is 0 Å². The molecule has 5 aliphatic rings. The smallest absolute Gasteiger partial charge is 0.338 e. The molecule has 300 valence electrons. The first-order valence-corrected chi connectivity index (χ1v) is 20.7. The summed E-state index contributed by atoms with van der Waals surface area (Å²) in [4.78, 5) is 23.0. The van der Waals surface area contributed by atoms with Gasteiger partial charge in [0.15, 0.2) is 17.4 Å². The standard InChI is InChI=1S/C12H12O4.3C10H20O2/c13-11-9-3-5-10(6-4-9)12(14)16-8-2-1-7-15-11;3*11-10(12)8-6-4-2-1-3-5-7-9-10/h3-6H,1-2,7-8H2;3*11-12H,1-9H2. The van der Waals surface area contributed by atoms with Crippen molar-refractivity contribution >= 4 is 11.9 Å². The summed E-state index contributed by atoms with van der Waals surface area (Å²) in [6.45, 7) is 0.719. The maximum absolute atomic E-state index is 11.5. The molecule has 0 atom stereocenters. The normalized spacial score (nSPS) is 23.6. The molecule has 2 aliphatic heterocycles. The van der Waals surface area contributed by atoms with Crippen LogP contribution in [0.25, 0.3) is 0 Å². The van der Waals surface area contributed by atoms with E-state index in [4.69, 9.17) is 9.47 Å². The molecule has 1 aromatic carbocycles. The first-order valence-electron chi connectivity index (χ1n) is 20.7. The van der Waals surface area contributed by atoms with Crippen LogP contribution in [-0.4, -0.2) is 73.2 Å². The second-order valence-corrected chi connectivity index (χ2v) is 15.4. The van der Waals surface area contributed by atoms with Crippen molar-refractivity contribution in [3.8, 4) is 0 Å². The van der Waals surface area contributed by atoms with Crippen LogP contribution >= 0.6 is 0 Å². The van der Waals surface area contributed by atoms with Gasteiger partial charge in [0.1, 0.15) is 0 Å². The van der Waals surface area contributed by atoms with E-state index in [1.165, 1.54) is 57.8 Å². The van der Waals surface area contributed by atoms with E-state index in [9.17, 15) is 40.2 Å². The molecule has 3 fully saturated rings. The number of esters is 2. The minimum atomic E-state index is -1.36. The van der Waals surface area contributed by atoms with E-state index in [1.807, 2.05) is 0 Å². The number of hydrogen-bond donors (Lipinski definition) is 6. The van der Waals surface area contributed by atoms with Crippen LogP contribution in [-0.2, 0) is 9.47 Å². The van der Waals surface area contributed by atoms with Gasteiger partial charge < -0.3 is 40.1 Å². The van der Waals surface area contributed by atoms with Crippen molar-refractivity contribution in [3.63, 3.8) is 0 Å². The zero-order valence-corrected chi connectivity index (χ0v) is 32.0. The van der Waals surface area contributed by atoms with Gasteiger partial charge in [0.05, 0.1) is 24.3 Å². The van der Waals surface area contributed by atoms with Gasteiger partial charge in [-0.05, 0) is 75.6 Å². The van der Waals surface area contributed by atoms with E-state index in [0.717, 1.165) is 77.0 Å². The van der Waals surface area contributed by atoms with Crippen LogP contribution in [0.5, 0.6) is 0 Å². The van der Waals surface area contributed by atoms with Crippen molar-refractivity contribution < 1.29 is 49.7 Å². The number of benzene rings is 1. The lowest BCUT2D eigenvalue weighted by molar-refractivity contribution is -0.173. The van der Waals surface area contributed by atoms with Crippen molar-refractivity contribution in [2.24, 2.45) is 0 Å². The van der Waals surface area contributed by atoms with E-state index >= 15 is 0 Å².